The smallest absolute Gasteiger partial charge is 0.338 e. The quantitative estimate of drug-likeness (QED) is 0.730. The lowest BCUT2D eigenvalue weighted by Gasteiger charge is -2.09. The van der Waals surface area contributed by atoms with E-state index in [0.717, 1.165) is 16.8 Å². The highest BCUT2D eigenvalue weighted by Gasteiger charge is 2.12. The Labute approximate surface area is 144 Å². The molecule has 0 fully saturated rings. The van der Waals surface area contributed by atoms with E-state index in [0.29, 0.717) is 11.3 Å². The van der Waals surface area contributed by atoms with Crippen molar-refractivity contribution in [3.8, 4) is 0 Å². The highest BCUT2D eigenvalue weighted by molar-refractivity contribution is 6.03. The average Bonchev–Trinajstić information content (AvgIpc) is 2.62. The number of aryl methyl sites for hydroxylation is 1. The van der Waals surface area contributed by atoms with Crippen LogP contribution in [0.5, 0.6) is 0 Å². The summed E-state index contributed by atoms with van der Waals surface area (Å²) in [6, 6.07) is 17.2. The number of hydrogen-bond donors (Lipinski definition) is 1. The maximum atomic E-state index is 13.5. The molecule has 0 heterocycles. The van der Waals surface area contributed by atoms with Crippen molar-refractivity contribution >= 4 is 28.3 Å². The van der Waals surface area contributed by atoms with Crippen LogP contribution < -0.4 is 5.32 Å². The van der Waals surface area contributed by atoms with Gasteiger partial charge >= 0.3 is 5.97 Å². The number of hydrogen-bond acceptors (Lipinski definition) is 3. The van der Waals surface area contributed by atoms with Gasteiger partial charge in [-0.2, -0.15) is 0 Å². The summed E-state index contributed by atoms with van der Waals surface area (Å²) in [5.41, 5.74) is 1.15. The largest absolute Gasteiger partial charge is 0.452 e. The maximum absolute atomic E-state index is 13.5. The van der Waals surface area contributed by atoms with Gasteiger partial charge < -0.3 is 10.1 Å². The summed E-state index contributed by atoms with van der Waals surface area (Å²) in [7, 11) is 0. The topological polar surface area (TPSA) is 55.4 Å². The minimum Gasteiger partial charge on any atom is -0.452 e. The normalized spacial score (nSPS) is 10.5. The number of rotatable bonds is 4. The maximum Gasteiger partial charge on any atom is 0.338 e. The summed E-state index contributed by atoms with van der Waals surface area (Å²) in [5.74, 6) is -1.70. The van der Waals surface area contributed by atoms with Gasteiger partial charge in [0.05, 0.1) is 5.56 Å². The molecular weight excluding hydrogens is 321 g/mol. The van der Waals surface area contributed by atoms with Crippen LogP contribution in [0.1, 0.15) is 15.9 Å². The highest BCUT2D eigenvalue weighted by Crippen LogP contribution is 2.22. The van der Waals surface area contributed by atoms with Crippen molar-refractivity contribution in [3.05, 3.63) is 77.6 Å². The van der Waals surface area contributed by atoms with Crippen molar-refractivity contribution in [2.75, 3.05) is 11.9 Å². The fourth-order valence-electron chi connectivity index (χ4n) is 2.45. The summed E-state index contributed by atoms with van der Waals surface area (Å²) in [6.45, 7) is 1.15. The fourth-order valence-corrected chi connectivity index (χ4v) is 2.45. The molecule has 0 bridgehead atoms. The van der Waals surface area contributed by atoms with Crippen molar-refractivity contribution in [3.63, 3.8) is 0 Å². The van der Waals surface area contributed by atoms with E-state index in [1.54, 1.807) is 13.0 Å². The number of anilines is 1. The molecule has 1 N–H and O–H groups in total. The number of amides is 1. The molecule has 0 aliphatic heterocycles. The molecule has 3 aromatic rings. The molecular formula is C20H16FNO3. The second-order valence-electron chi connectivity index (χ2n) is 5.61. The van der Waals surface area contributed by atoms with Gasteiger partial charge in [-0.1, -0.05) is 42.5 Å². The molecule has 25 heavy (non-hydrogen) atoms. The zero-order valence-electron chi connectivity index (χ0n) is 13.6. The predicted octanol–water partition coefficient (Wildman–Crippen LogP) is 4.08. The van der Waals surface area contributed by atoms with Gasteiger partial charge in [0.25, 0.3) is 5.91 Å². The summed E-state index contributed by atoms with van der Waals surface area (Å²) < 4.78 is 18.4. The van der Waals surface area contributed by atoms with Gasteiger partial charge in [-0.25, -0.2) is 9.18 Å². The van der Waals surface area contributed by atoms with E-state index in [9.17, 15) is 14.0 Å². The number of halogens is 1. The third-order valence-electron chi connectivity index (χ3n) is 3.81. The first-order valence-electron chi connectivity index (χ1n) is 7.75. The lowest BCUT2D eigenvalue weighted by molar-refractivity contribution is -0.119. The van der Waals surface area contributed by atoms with Crippen LogP contribution in [0.25, 0.3) is 10.8 Å². The molecule has 1 amide bonds. The first-order chi connectivity index (χ1) is 12.0. The number of benzene rings is 3. The zero-order valence-corrected chi connectivity index (χ0v) is 13.6. The van der Waals surface area contributed by atoms with Crippen LogP contribution in [0.3, 0.4) is 0 Å². The second-order valence-corrected chi connectivity index (χ2v) is 5.61. The molecule has 0 aliphatic rings. The lowest BCUT2D eigenvalue weighted by Crippen LogP contribution is -2.21. The van der Waals surface area contributed by atoms with Gasteiger partial charge in [-0.15, -0.1) is 0 Å². The average molecular weight is 337 g/mol. The fraction of sp³-hybridized carbons (Fsp3) is 0.100. The Morgan fingerprint density at radius 2 is 1.80 bits per heavy atom. The van der Waals surface area contributed by atoms with Crippen molar-refractivity contribution in [1.82, 2.24) is 0 Å². The van der Waals surface area contributed by atoms with E-state index in [-0.39, 0.29) is 5.56 Å². The van der Waals surface area contributed by atoms with E-state index in [2.05, 4.69) is 5.32 Å². The molecule has 0 atom stereocenters. The first-order valence-corrected chi connectivity index (χ1v) is 7.75. The second kappa shape index (κ2) is 7.13. The molecule has 5 heteroatoms. The summed E-state index contributed by atoms with van der Waals surface area (Å²) >= 11 is 0. The van der Waals surface area contributed by atoms with Crippen LogP contribution in [0.15, 0.2) is 60.7 Å². The third kappa shape index (κ3) is 3.83. The van der Waals surface area contributed by atoms with Gasteiger partial charge in [0.2, 0.25) is 0 Å². The number of carbonyl (C=O) groups is 2. The molecule has 0 radical (unpaired) electrons. The molecule has 4 nitrogen and oxygen atoms in total. The van der Waals surface area contributed by atoms with Gasteiger partial charge in [0.15, 0.2) is 6.61 Å². The van der Waals surface area contributed by atoms with Crippen molar-refractivity contribution in [2.45, 2.75) is 6.92 Å². The monoisotopic (exact) mass is 337 g/mol. The minimum absolute atomic E-state index is 0.0704. The molecule has 126 valence electrons. The van der Waals surface area contributed by atoms with Crippen LogP contribution in [0.2, 0.25) is 0 Å². The summed E-state index contributed by atoms with van der Waals surface area (Å²) in [6.07, 6.45) is 0. The Bertz CT molecular complexity index is 947. The van der Waals surface area contributed by atoms with Crippen molar-refractivity contribution in [2.24, 2.45) is 0 Å². The third-order valence-corrected chi connectivity index (χ3v) is 3.81. The Kier molecular flexibility index (Phi) is 4.75. The first kappa shape index (κ1) is 16.6. The Hall–Kier alpha value is -3.21. The molecule has 0 saturated carbocycles. The van der Waals surface area contributed by atoms with Crippen molar-refractivity contribution < 1.29 is 18.7 Å². The minimum atomic E-state index is -0.744. The van der Waals surface area contributed by atoms with E-state index >= 15 is 0 Å². The standard InChI is InChI=1S/C20H16FNO3/c1-13-9-10-15(11-17(13)21)20(24)25-12-19(23)22-18-8-4-6-14-5-2-3-7-16(14)18/h2-11H,12H2,1H3,(H,22,23). The number of carbonyl (C=O) groups excluding carboxylic acids is 2. The number of esters is 1. The Morgan fingerprint density at radius 1 is 1.04 bits per heavy atom. The van der Waals surface area contributed by atoms with E-state index in [1.165, 1.54) is 12.1 Å². The van der Waals surface area contributed by atoms with E-state index in [4.69, 9.17) is 4.74 Å². The molecule has 3 aromatic carbocycles. The number of fused-ring (bicyclic) bond motifs is 1. The SMILES string of the molecule is Cc1ccc(C(=O)OCC(=O)Nc2cccc3ccccc23)cc1F. The van der Waals surface area contributed by atoms with Gasteiger partial charge in [-0.3, -0.25) is 4.79 Å². The lowest BCUT2D eigenvalue weighted by atomic mass is 10.1. The number of ether oxygens (including phenoxy) is 1. The zero-order chi connectivity index (χ0) is 17.8. The molecule has 0 saturated heterocycles. The summed E-state index contributed by atoms with van der Waals surface area (Å²) in [5, 5.41) is 4.61. The van der Waals surface area contributed by atoms with E-state index < -0.39 is 24.3 Å². The molecule has 3 rings (SSSR count). The van der Waals surface area contributed by atoms with Crippen LogP contribution in [0.4, 0.5) is 10.1 Å². The van der Waals surface area contributed by atoms with Gasteiger partial charge in [0.1, 0.15) is 5.82 Å². The molecule has 0 unspecified atom stereocenters. The van der Waals surface area contributed by atoms with E-state index in [1.807, 2.05) is 36.4 Å². The predicted molar refractivity (Wildman–Crippen MR) is 94.0 cm³/mol. The van der Waals surface area contributed by atoms with Crippen LogP contribution in [-0.2, 0) is 9.53 Å². The van der Waals surface area contributed by atoms with Crippen LogP contribution >= 0.6 is 0 Å². The highest BCUT2D eigenvalue weighted by atomic mass is 19.1. The van der Waals surface area contributed by atoms with Gasteiger partial charge in [-0.05, 0) is 36.1 Å². The van der Waals surface area contributed by atoms with Crippen molar-refractivity contribution in [1.29, 1.82) is 0 Å². The van der Waals surface area contributed by atoms with Crippen LogP contribution in [0, 0.1) is 12.7 Å². The van der Waals surface area contributed by atoms with Crippen LogP contribution in [-0.4, -0.2) is 18.5 Å². The molecule has 0 aliphatic carbocycles. The number of nitrogens with one attached hydrogen (secondary N) is 1. The molecule has 0 spiro atoms. The van der Waals surface area contributed by atoms with Gasteiger partial charge in [0, 0.05) is 11.1 Å². The Morgan fingerprint density at radius 3 is 2.60 bits per heavy atom. The summed E-state index contributed by atoms with van der Waals surface area (Å²) in [4.78, 5) is 24.0. The molecule has 0 aromatic heterocycles. The Balaban J connectivity index is 1.64.